The number of hydrogen-bond donors (Lipinski definition) is 1. The number of thiophene rings is 1. The molecule has 9 heteroatoms. The molecule has 4 atom stereocenters. The predicted molar refractivity (Wildman–Crippen MR) is 127 cm³/mol. The van der Waals surface area contributed by atoms with E-state index in [4.69, 9.17) is 0 Å². The highest BCUT2D eigenvalue weighted by atomic mass is 32.2. The lowest BCUT2D eigenvalue weighted by Gasteiger charge is -2.31. The van der Waals surface area contributed by atoms with E-state index in [0.717, 1.165) is 47.4 Å². The molecule has 2 aromatic rings. The summed E-state index contributed by atoms with van der Waals surface area (Å²) in [4.78, 5) is 24.6. The van der Waals surface area contributed by atoms with E-state index in [1.165, 1.54) is 32.0 Å². The third-order valence-electron chi connectivity index (χ3n) is 6.85. The van der Waals surface area contributed by atoms with Crippen LogP contribution in [0.2, 0.25) is 0 Å². The fraction of sp³-hybridized carbons (Fsp3) is 0.500. The molecule has 2 saturated carbocycles. The molecule has 2 aliphatic rings. The summed E-state index contributed by atoms with van der Waals surface area (Å²) in [6.45, 7) is 0. The largest absolute Gasteiger partial charge is 0.469 e. The number of fused-ring (bicyclic) bond motifs is 2. The van der Waals surface area contributed by atoms with Crippen LogP contribution in [0.3, 0.4) is 0 Å². The molecule has 0 aliphatic heterocycles. The van der Waals surface area contributed by atoms with Gasteiger partial charge in [0.25, 0.3) is 15.9 Å². The molecule has 2 aliphatic carbocycles. The number of unbranched alkanes of at least 4 members (excludes halogenated alkanes) is 1. The monoisotopic (exact) mass is 490 g/mol. The quantitative estimate of drug-likeness (QED) is 0.306. The van der Waals surface area contributed by atoms with Crippen molar-refractivity contribution < 1.29 is 22.7 Å². The minimum Gasteiger partial charge on any atom is -0.469 e. The van der Waals surface area contributed by atoms with E-state index in [2.05, 4.69) is 22.2 Å². The average molecular weight is 491 g/mol. The molecule has 0 spiro atoms. The first-order valence-electron chi connectivity index (χ1n) is 11.4. The number of methoxy groups -OCH3 is 1. The lowest BCUT2D eigenvalue weighted by Crippen LogP contribution is -2.43. The second-order valence-electron chi connectivity index (χ2n) is 8.81. The number of carbonyl (C=O) groups is 2. The Balaban J connectivity index is 1.36. The zero-order chi connectivity index (χ0) is 23.4. The van der Waals surface area contributed by atoms with Crippen LogP contribution in [-0.2, 0) is 19.6 Å². The normalized spacial score (nSPS) is 24.4. The minimum atomic E-state index is -3.66. The Morgan fingerprint density at radius 3 is 2.70 bits per heavy atom. The summed E-state index contributed by atoms with van der Waals surface area (Å²) in [5.41, 5.74) is 0. The summed E-state index contributed by atoms with van der Waals surface area (Å²) < 4.78 is 31.3. The van der Waals surface area contributed by atoms with Gasteiger partial charge in [0.2, 0.25) is 0 Å². The SMILES string of the molecule is COC(=O)CCCC=CC[C@H]1[C@@H]2CC[C@@H](C2)[C@@H]1NC(=O)c1ccc(S(=O)(=O)n2cccc2)s1. The summed E-state index contributed by atoms with van der Waals surface area (Å²) in [5, 5.41) is 3.23. The lowest BCUT2D eigenvalue weighted by molar-refractivity contribution is -0.140. The summed E-state index contributed by atoms with van der Waals surface area (Å²) >= 11 is 1.01. The molecule has 33 heavy (non-hydrogen) atoms. The molecule has 2 aromatic heterocycles. The van der Waals surface area contributed by atoms with Gasteiger partial charge in [-0.2, -0.15) is 8.42 Å². The molecule has 2 heterocycles. The van der Waals surface area contributed by atoms with Crippen LogP contribution in [0.15, 0.2) is 53.0 Å². The van der Waals surface area contributed by atoms with Crippen molar-refractivity contribution in [2.45, 2.75) is 55.2 Å². The predicted octanol–water partition coefficient (Wildman–Crippen LogP) is 4.22. The van der Waals surface area contributed by atoms with Gasteiger partial charge in [-0.25, -0.2) is 3.97 Å². The van der Waals surface area contributed by atoms with Crippen molar-refractivity contribution in [2.24, 2.45) is 17.8 Å². The van der Waals surface area contributed by atoms with Gasteiger partial charge in [0.05, 0.1) is 12.0 Å². The van der Waals surface area contributed by atoms with Crippen molar-refractivity contribution in [2.75, 3.05) is 7.11 Å². The van der Waals surface area contributed by atoms with E-state index >= 15 is 0 Å². The Kier molecular flexibility index (Phi) is 7.38. The molecule has 1 N–H and O–H groups in total. The zero-order valence-corrected chi connectivity index (χ0v) is 20.3. The van der Waals surface area contributed by atoms with Gasteiger partial charge in [0, 0.05) is 24.9 Å². The van der Waals surface area contributed by atoms with Crippen LogP contribution in [0, 0.1) is 17.8 Å². The van der Waals surface area contributed by atoms with E-state index in [0.29, 0.717) is 29.1 Å². The minimum absolute atomic E-state index is 0.113. The average Bonchev–Trinajstić information content (AvgIpc) is 3.60. The number of rotatable bonds is 10. The number of amides is 1. The van der Waals surface area contributed by atoms with Gasteiger partial charge < -0.3 is 10.1 Å². The molecule has 0 radical (unpaired) electrons. The van der Waals surface area contributed by atoms with Crippen LogP contribution < -0.4 is 5.32 Å². The Morgan fingerprint density at radius 2 is 1.94 bits per heavy atom. The molecule has 4 rings (SSSR count). The standard InChI is InChI=1S/C24H30N2O5S2/c1-31-21(27)9-5-3-2-4-8-19-17-10-11-18(16-17)23(19)25-24(28)20-12-13-22(32-20)33(29,30)26-14-6-7-15-26/h2,4,6-7,12-15,17-19,23H,3,5,8-11,16H2,1H3,(H,25,28)/t17-,18+,19+,23+/m1/s1. The third kappa shape index (κ3) is 5.24. The van der Waals surface area contributed by atoms with E-state index in [1.807, 2.05) is 0 Å². The van der Waals surface area contributed by atoms with Crippen LogP contribution in [0.4, 0.5) is 0 Å². The third-order valence-corrected chi connectivity index (χ3v) is 10.1. The summed E-state index contributed by atoms with van der Waals surface area (Å²) in [5.74, 6) is 1.12. The zero-order valence-electron chi connectivity index (χ0n) is 18.7. The van der Waals surface area contributed by atoms with Gasteiger partial charge in [-0.3, -0.25) is 9.59 Å². The van der Waals surface area contributed by atoms with Crippen molar-refractivity contribution in [3.8, 4) is 0 Å². The van der Waals surface area contributed by atoms with E-state index in [1.54, 1.807) is 18.2 Å². The first-order chi connectivity index (χ1) is 15.9. The van der Waals surface area contributed by atoms with Crippen molar-refractivity contribution in [3.63, 3.8) is 0 Å². The Hall–Kier alpha value is -2.39. The number of carbonyl (C=O) groups excluding carboxylic acids is 2. The molecular formula is C24H30N2O5S2. The van der Waals surface area contributed by atoms with E-state index in [-0.39, 0.29) is 22.1 Å². The highest BCUT2D eigenvalue weighted by molar-refractivity contribution is 7.92. The van der Waals surface area contributed by atoms with Crippen LogP contribution in [0.25, 0.3) is 0 Å². The van der Waals surface area contributed by atoms with Crippen molar-refractivity contribution in [1.82, 2.24) is 9.29 Å². The second-order valence-corrected chi connectivity index (χ2v) is 12.0. The number of nitrogens with zero attached hydrogens (tertiary/aromatic N) is 1. The summed E-state index contributed by atoms with van der Waals surface area (Å²) in [6, 6.07) is 6.52. The molecule has 178 valence electrons. The molecule has 7 nitrogen and oxygen atoms in total. The molecule has 1 amide bonds. The Labute approximate surface area is 198 Å². The van der Waals surface area contributed by atoms with Crippen LogP contribution in [-0.4, -0.2) is 37.4 Å². The molecule has 0 unspecified atom stereocenters. The number of allylic oxidation sites excluding steroid dienone is 2. The molecular weight excluding hydrogens is 460 g/mol. The van der Waals surface area contributed by atoms with Crippen LogP contribution in [0.5, 0.6) is 0 Å². The van der Waals surface area contributed by atoms with Gasteiger partial charge in [-0.15, -0.1) is 11.3 Å². The second kappa shape index (κ2) is 10.3. The van der Waals surface area contributed by atoms with Crippen LogP contribution >= 0.6 is 11.3 Å². The van der Waals surface area contributed by atoms with Crippen molar-refractivity contribution >= 4 is 33.2 Å². The van der Waals surface area contributed by atoms with Gasteiger partial charge in [-0.05, 0) is 80.5 Å². The number of ether oxygens (including phenoxy) is 1. The maximum absolute atomic E-state index is 13.0. The molecule has 2 fully saturated rings. The van der Waals surface area contributed by atoms with Crippen molar-refractivity contribution in [3.05, 3.63) is 53.7 Å². The van der Waals surface area contributed by atoms with Gasteiger partial charge in [0.15, 0.2) is 0 Å². The van der Waals surface area contributed by atoms with Gasteiger partial charge >= 0.3 is 5.97 Å². The maximum atomic E-state index is 13.0. The van der Waals surface area contributed by atoms with E-state index in [9.17, 15) is 18.0 Å². The van der Waals surface area contributed by atoms with Crippen LogP contribution in [0.1, 0.15) is 54.6 Å². The fourth-order valence-electron chi connectivity index (χ4n) is 5.20. The van der Waals surface area contributed by atoms with Gasteiger partial charge in [-0.1, -0.05) is 12.2 Å². The highest BCUT2D eigenvalue weighted by Gasteiger charge is 2.47. The van der Waals surface area contributed by atoms with Gasteiger partial charge in [0.1, 0.15) is 4.21 Å². The summed E-state index contributed by atoms with van der Waals surface area (Å²) in [7, 11) is -2.26. The smallest absolute Gasteiger partial charge is 0.305 e. The lowest BCUT2D eigenvalue weighted by atomic mass is 9.82. The Bertz CT molecular complexity index is 1100. The molecule has 0 saturated heterocycles. The Morgan fingerprint density at radius 1 is 1.18 bits per heavy atom. The number of nitrogens with one attached hydrogen (secondary N) is 1. The number of esters is 1. The van der Waals surface area contributed by atoms with Crippen molar-refractivity contribution in [1.29, 1.82) is 0 Å². The first kappa shape index (κ1) is 23.8. The molecule has 2 bridgehead atoms. The number of aromatic nitrogens is 1. The van der Waals surface area contributed by atoms with E-state index < -0.39 is 10.0 Å². The first-order valence-corrected chi connectivity index (χ1v) is 13.7. The number of hydrogen-bond acceptors (Lipinski definition) is 6. The summed E-state index contributed by atoms with van der Waals surface area (Å²) in [6.07, 6.45) is 13.7. The fourth-order valence-corrected chi connectivity index (χ4v) is 7.70. The topological polar surface area (TPSA) is 94.5 Å². The highest BCUT2D eigenvalue weighted by Crippen LogP contribution is 2.50. The maximum Gasteiger partial charge on any atom is 0.305 e. The molecule has 0 aromatic carbocycles.